The Bertz CT molecular complexity index is 516. The Labute approximate surface area is 113 Å². The van der Waals surface area contributed by atoms with Crippen LogP contribution >= 0.6 is 0 Å². The Hall–Kier alpha value is -1.72. The molecule has 2 heterocycles. The second-order valence-electron chi connectivity index (χ2n) is 5.53. The average Bonchev–Trinajstić information content (AvgIpc) is 2.89. The van der Waals surface area contributed by atoms with Gasteiger partial charge in [-0.05, 0) is 32.9 Å². The minimum absolute atomic E-state index is 0.0282. The summed E-state index contributed by atoms with van der Waals surface area (Å²) in [4.78, 5) is 11.6. The average molecular weight is 260 g/mol. The third-order valence-corrected chi connectivity index (χ3v) is 2.68. The molecule has 19 heavy (non-hydrogen) atoms. The fraction of sp³-hybridized carbons (Fsp3) is 0.429. The van der Waals surface area contributed by atoms with E-state index in [9.17, 15) is 5.11 Å². The molecule has 2 aromatic heterocycles. The van der Waals surface area contributed by atoms with Crippen molar-refractivity contribution in [2.75, 3.05) is 6.54 Å². The molecule has 102 valence electrons. The summed E-state index contributed by atoms with van der Waals surface area (Å²) in [5, 5.41) is 13.4. The first-order valence-corrected chi connectivity index (χ1v) is 6.35. The summed E-state index contributed by atoms with van der Waals surface area (Å²) >= 11 is 0. The van der Waals surface area contributed by atoms with Crippen LogP contribution in [0.5, 0.6) is 0 Å². The van der Waals surface area contributed by atoms with E-state index >= 15 is 0 Å². The first-order valence-electron chi connectivity index (χ1n) is 6.35. The predicted octanol–water partition coefficient (Wildman–Crippen LogP) is 1.89. The molecule has 5 heteroatoms. The van der Waals surface area contributed by atoms with E-state index in [-0.39, 0.29) is 5.54 Å². The Morgan fingerprint density at radius 2 is 2.16 bits per heavy atom. The summed E-state index contributed by atoms with van der Waals surface area (Å²) in [5.41, 5.74) is 1.35. The van der Waals surface area contributed by atoms with E-state index in [0.29, 0.717) is 18.1 Å². The number of hydrogen-bond donors (Lipinski definition) is 3. The minimum Gasteiger partial charge on any atom is -0.385 e. The predicted molar refractivity (Wildman–Crippen MR) is 74.5 cm³/mol. The summed E-state index contributed by atoms with van der Waals surface area (Å²) < 4.78 is 0. The Morgan fingerprint density at radius 3 is 2.79 bits per heavy atom. The third-order valence-electron chi connectivity index (χ3n) is 2.68. The fourth-order valence-electron chi connectivity index (χ4n) is 1.68. The van der Waals surface area contributed by atoms with Gasteiger partial charge in [-0.3, -0.25) is 0 Å². The standard InChI is InChI=1S/C14H20N4O/c1-14(2,3)17-9-12(19)10-5-4-6-11(18-10)13-15-7-8-16-13/h4-8,12,17,19H,9H2,1-3H3,(H,15,16). The molecule has 0 aliphatic rings. The number of H-pyrrole nitrogens is 1. The molecule has 0 aliphatic carbocycles. The van der Waals surface area contributed by atoms with Crippen LogP contribution in [-0.2, 0) is 0 Å². The molecule has 2 aromatic rings. The van der Waals surface area contributed by atoms with E-state index in [0.717, 1.165) is 5.69 Å². The third kappa shape index (κ3) is 3.87. The number of aromatic amines is 1. The zero-order valence-electron chi connectivity index (χ0n) is 11.5. The van der Waals surface area contributed by atoms with Crippen molar-refractivity contribution in [3.8, 4) is 11.5 Å². The molecule has 0 aromatic carbocycles. The summed E-state index contributed by atoms with van der Waals surface area (Å²) in [6.45, 7) is 6.66. The molecule has 0 aliphatic heterocycles. The van der Waals surface area contributed by atoms with Gasteiger partial charge in [0.15, 0.2) is 5.82 Å². The summed E-state index contributed by atoms with van der Waals surface area (Å²) in [7, 11) is 0. The number of β-amino-alcohol motifs (C(OH)–C–C–N with tert-alkyl or cyclic N) is 1. The molecule has 3 N–H and O–H groups in total. The number of aromatic nitrogens is 3. The highest BCUT2D eigenvalue weighted by Gasteiger charge is 2.15. The lowest BCUT2D eigenvalue weighted by molar-refractivity contribution is 0.159. The number of nitrogens with one attached hydrogen (secondary N) is 2. The molecule has 1 unspecified atom stereocenters. The lowest BCUT2D eigenvalue weighted by Gasteiger charge is -2.22. The van der Waals surface area contributed by atoms with Crippen LogP contribution in [0.15, 0.2) is 30.6 Å². The first kappa shape index (κ1) is 13.7. The maximum atomic E-state index is 10.2. The number of hydrogen-bond acceptors (Lipinski definition) is 4. The topological polar surface area (TPSA) is 73.8 Å². The highest BCUT2D eigenvalue weighted by Crippen LogP contribution is 2.16. The normalized spacial score (nSPS) is 13.5. The van der Waals surface area contributed by atoms with E-state index in [1.54, 1.807) is 12.4 Å². The van der Waals surface area contributed by atoms with Crippen LogP contribution in [0.2, 0.25) is 0 Å². The van der Waals surface area contributed by atoms with Gasteiger partial charge in [-0.2, -0.15) is 0 Å². The Kier molecular flexibility index (Phi) is 3.97. The van der Waals surface area contributed by atoms with Gasteiger partial charge in [-0.1, -0.05) is 6.07 Å². The molecule has 0 saturated carbocycles. The molecule has 0 amide bonds. The zero-order valence-corrected chi connectivity index (χ0v) is 11.5. The Balaban J connectivity index is 2.10. The lowest BCUT2D eigenvalue weighted by atomic mass is 10.1. The summed E-state index contributed by atoms with van der Waals surface area (Å²) in [5.74, 6) is 0.706. The second kappa shape index (κ2) is 5.50. The first-order chi connectivity index (χ1) is 8.96. The molecular weight excluding hydrogens is 240 g/mol. The van der Waals surface area contributed by atoms with Crippen LogP contribution < -0.4 is 5.32 Å². The number of aliphatic hydroxyl groups excluding tert-OH is 1. The van der Waals surface area contributed by atoms with Crippen molar-refractivity contribution in [3.05, 3.63) is 36.3 Å². The minimum atomic E-state index is -0.630. The highest BCUT2D eigenvalue weighted by molar-refractivity contribution is 5.48. The van der Waals surface area contributed by atoms with Gasteiger partial charge in [0.05, 0.1) is 5.69 Å². The monoisotopic (exact) mass is 260 g/mol. The number of rotatable bonds is 4. The molecule has 0 spiro atoms. The second-order valence-corrected chi connectivity index (χ2v) is 5.53. The number of aliphatic hydroxyl groups is 1. The van der Waals surface area contributed by atoms with Gasteiger partial charge < -0.3 is 15.4 Å². The van der Waals surface area contributed by atoms with Gasteiger partial charge in [0.2, 0.25) is 0 Å². The number of nitrogens with zero attached hydrogens (tertiary/aromatic N) is 2. The molecule has 5 nitrogen and oxygen atoms in total. The highest BCUT2D eigenvalue weighted by atomic mass is 16.3. The van der Waals surface area contributed by atoms with Gasteiger partial charge in [0, 0.05) is 24.5 Å². The van der Waals surface area contributed by atoms with E-state index in [2.05, 4.69) is 41.0 Å². The number of pyridine rings is 1. The maximum absolute atomic E-state index is 10.2. The Morgan fingerprint density at radius 1 is 1.37 bits per heavy atom. The van der Waals surface area contributed by atoms with Crippen LogP contribution in [0.25, 0.3) is 11.5 Å². The molecular formula is C14H20N4O. The molecule has 0 saturated heterocycles. The van der Waals surface area contributed by atoms with E-state index in [4.69, 9.17) is 0 Å². The molecule has 0 bridgehead atoms. The van der Waals surface area contributed by atoms with Crippen molar-refractivity contribution in [2.24, 2.45) is 0 Å². The molecule has 2 rings (SSSR count). The van der Waals surface area contributed by atoms with Crippen LogP contribution in [0, 0.1) is 0 Å². The van der Waals surface area contributed by atoms with Gasteiger partial charge in [0.25, 0.3) is 0 Å². The number of imidazole rings is 1. The van der Waals surface area contributed by atoms with Crippen molar-refractivity contribution in [1.82, 2.24) is 20.3 Å². The summed E-state index contributed by atoms with van der Waals surface area (Å²) in [6, 6.07) is 5.56. The van der Waals surface area contributed by atoms with Crippen LogP contribution in [0.3, 0.4) is 0 Å². The molecule has 1 atom stereocenters. The van der Waals surface area contributed by atoms with Gasteiger partial charge in [0.1, 0.15) is 11.8 Å². The van der Waals surface area contributed by atoms with Crippen molar-refractivity contribution >= 4 is 0 Å². The lowest BCUT2D eigenvalue weighted by Crippen LogP contribution is -2.38. The van der Waals surface area contributed by atoms with Crippen LogP contribution in [0.1, 0.15) is 32.6 Å². The van der Waals surface area contributed by atoms with Crippen molar-refractivity contribution in [3.63, 3.8) is 0 Å². The largest absolute Gasteiger partial charge is 0.385 e. The van der Waals surface area contributed by atoms with Gasteiger partial charge in [-0.25, -0.2) is 9.97 Å². The molecule has 0 radical (unpaired) electrons. The van der Waals surface area contributed by atoms with Gasteiger partial charge in [-0.15, -0.1) is 0 Å². The smallest absolute Gasteiger partial charge is 0.155 e. The maximum Gasteiger partial charge on any atom is 0.155 e. The van der Waals surface area contributed by atoms with E-state index < -0.39 is 6.10 Å². The van der Waals surface area contributed by atoms with Gasteiger partial charge >= 0.3 is 0 Å². The van der Waals surface area contributed by atoms with Crippen molar-refractivity contribution in [2.45, 2.75) is 32.4 Å². The SMILES string of the molecule is CC(C)(C)NCC(O)c1cccc(-c2ncc[nH]2)n1. The van der Waals surface area contributed by atoms with Crippen molar-refractivity contribution in [1.29, 1.82) is 0 Å². The van der Waals surface area contributed by atoms with E-state index in [1.165, 1.54) is 0 Å². The van der Waals surface area contributed by atoms with Crippen molar-refractivity contribution < 1.29 is 5.11 Å². The zero-order chi connectivity index (χ0) is 13.9. The van der Waals surface area contributed by atoms with Crippen LogP contribution in [-0.4, -0.2) is 32.1 Å². The quantitative estimate of drug-likeness (QED) is 0.785. The van der Waals surface area contributed by atoms with Crippen LogP contribution in [0.4, 0.5) is 0 Å². The fourth-order valence-corrected chi connectivity index (χ4v) is 1.68. The van der Waals surface area contributed by atoms with E-state index in [1.807, 2.05) is 18.2 Å². The molecule has 0 fully saturated rings. The summed E-state index contributed by atoms with van der Waals surface area (Å²) in [6.07, 6.45) is 2.80.